The van der Waals surface area contributed by atoms with E-state index in [1.54, 1.807) is 13.0 Å². The van der Waals surface area contributed by atoms with Gasteiger partial charge in [-0.25, -0.2) is 4.98 Å². The Hall–Kier alpha value is -1.95. The van der Waals surface area contributed by atoms with Crippen LogP contribution in [0, 0.1) is 17.0 Å². The van der Waals surface area contributed by atoms with Crippen LogP contribution in [0.15, 0.2) is 18.3 Å². The summed E-state index contributed by atoms with van der Waals surface area (Å²) in [4.78, 5) is 17.2. The topological polar surface area (TPSA) is 68.1 Å². The van der Waals surface area contributed by atoms with E-state index in [0.29, 0.717) is 11.4 Å². The minimum Gasteiger partial charge on any atom is -0.365 e. The molecule has 1 aliphatic rings. The van der Waals surface area contributed by atoms with Crippen LogP contribution in [-0.2, 0) is 19.4 Å². The maximum Gasteiger partial charge on any atom is 0.290 e. The minimum absolute atomic E-state index is 0.0608. The fourth-order valence-electron chi connectivity index (χ4n) is 2.49. The van der Waals surface area contributed by atoms with Crippen molar-refractivity contribution in [1.29, 1.82) is 0 Å². The molecule has 0 amide bonds. The Morgan fingerprint density at radius 1 is 1.45 bits per heavy atom. The van der Waals surface area contributed by atoms with Crippen LogP contribution < -0.4 is 5.32 Å². The number of nitrogens with one attached hydrogen (secondary N) is 1. The molecule has 104 valence electrons. The lowest BCUT2D eigenvalue weighted by Crippen LogP contribution is -2.01. The number of thiophene rings is 1. The normalized spacial score (nSPS) is 13.2. The van der Waals surface area contributed by atoms with Crippen LogP contribution in [0.1, 0.15) is 27.3 Å². The smallest absolute Gasteiger partial charge is 0.290 e. The molecule has 0 unspecified atom stereocenters. The summed E-state index contributed by atoms with van der Waals surface area (Å²) in [5, 5.41) is 14.0. The summed E-state index contributed by atoms with van der Waals surface area (Å²) in [5.74, 6) is 0.682. The Balaban J connectivity index is 1.68. The van der Waals surface area contributed by atoms with Crippen molar-refractivity contribution in [2.24, 2.45) is 0 Å². The van der Waals surface area contributed by atoms with Gasteiger partial charge in [0.25, 0.3) is 5.69 Å². The van der Waals surface area contributed by atoms with Gasteiger partial charge in [-0.3, -0.25) is 10.1 Å². The van der Waals surface area contributed by atoms with Gasteiger partial charge in [-0.2, -0.15) is 0 Å². The molecule has 2 aromatic heterocycles. The molecule has 0 fully saturated rings. The van der Waals surface area contributed by atoms with Gasteiger partial charge >= 0.3 is 0 Å². The molecule has 1 N–H and O–H groups in total. The van der Waals surface area contributed by atoms with E-state index in [-0.39, 0.29) is 5.69 Å². The molecular weight excluding hydrogens is 274 g/mol. The van der Waals surface area contributed by atoms with Crippen molar-refractivity contribution in [3.05, 3.63) is 49.3 Å². The standard InChI is InChI=1S/C14H15N3O2S/c1-9-5-14(16-8-12(9)17(18)19)15-7-11-6-10-3-2-4-13(10)20-11/h5-6,8H,2-4,7H2,1H3,(H,15,16). The maximum absolute atomic E-state index is 10.7. The van der Waals surface area contributed by atoms with E-state index in [1.807, 2.05) is 11.3 Å². The summed E-state index contributed by atoms with van der Waals surface area (Å²) in [5.41, 5.74) is 2.17. The van der Waals surface area contributed by atoms with E-state index in [9.17, 15) is 10.1 Å². The quantitative estimate of drug-likeness (QED) is 0.691. The summed E-state index contributed by atoms with van der Waals surface area (Å²) >= 11 is 1.85. The number of hydrogen-bond donors (Lipinski definition) is 1. The first-order chi connectivity index (χ1) is 9.63. The summed E-state index contributed by atoms with van der Waals surface area (Å²) in [6.45, 7) is 2.45. The molecule has 0 bridgehead atoms. The number of anilines is 1. The molecule has 0 aromatic carbocycles. The lowest BCUT2D eigenvalue weighted by Gasteiger charge is -2.05. The maximum atomic E-state index is 10.7. The van der Waals surface area contributed by atoms with Gasteiger partial charge in [0.2, 0.25) is 0 Å². The van der Waals surface area contributed by atoms with Crippen LogP contribution in [0.2, 0.25) is 0 Å². The Morgan fingerprint density at radius 2 is 2.30 bits per heavy atom. The molecular formula is C14H15N3O2S. The van der Waals surface area contributed by atoms with Crippen LogP contribution in [0.3, 0.4) is 0 Å². The van der Waals surface area contributed by atoms with Crippen LogP contribution in [0.4, 0.5) is 11.5 Å². The molecule has 20 heavy (non-hydrogen) atoms. The first-order valence-electron chi connectivity index (χ1n) is 6.59. The number of pyridine rings is 1. The molecule has 0 spiro atoms. The molecule has 3 rings (SSSR count). The van der Waals surface area contributed by atoms with Gasteiger partial charge < -0.3 is 5.32 Å². The highest BCUT2D eigenvalue weighted by Gasteiger charge is 2.15. The summed E-state index contributed by atoms with van der Waals surface area (Å²) < 4.78 is 0. The van der Waals surface area contributed by atoms with Gasteiger partial charge in [0.15, 0.2) is 0 Å². The Labute approximate surface area is 120 Å². The fourth-order valence-corrected chi connectivity index (χ4v) is 3.69. The van der Waals surface area contributed by atoms with Crippen molar-refractivity contribution in [1.82, 2.24) is 4.98 Å². The Morgan fingerprint density at radius 3 is 3.00 bits per heavy atom. The van der Waals surface area contributed by atoms with E-state index in [0.717, 1.165) is 6.54 Å². The zero-order valence-corrected chi connectivity index (χ0v) is 12.0. The van der Waals surface area contributed by atoms with E-state index in [1.165, 1.54) is 40.8 Å². The van der Waals surface area contributed by atoms with Gasteiger partial charge in [0.1, 0.15) is 12.0 Å². The lowest BCUT2D eigenvalue weighted by atomic mass is 10.2. The zero-order valence-electron chi connectivity index (χ0n) is 11.2. The molecule has 0 saturated carbocycles. The van der Waals surface area contributed by atoms with Gasteiger partial charge in [-0.05, 0) is 43.9 Å². The van der Waals surface area contributed by atoms with E-state index in [2.05, 4.69) is 16.4 Å². The highest BCUT2D eigenvalue weighted by atomic mass is 32.1. The summed E-state index contributed by atoms with van der Waals surface area (Å²) in [6, 6.07) is 3.98. The van der Waals surface area contributed by atoms with Gasteiger partial charge in [-0.1, -0.05) is 0 Å². The first kappa shape index (κ1) is 13.1. The van der Waals surface area contributed by atoms with E-state index < -0.39 is 4.92 Å². The number of aryl methyl sites for hydroxylation is 3. The van der Waals surface area contributed by atoms with Crippen LogP contribution >= 0.6 is 11.3 Å². The van der Waals surface area contributed by atoms with Gasteiger partial charge in [0.05, 0.1) is 11.5 Å². The minimum atomic E-state index is -0.407. The second-order valence-corrected chi connectivity index (χ2v) is 6.20. The number of nitrogens with zero attached hydrogens (tertiary/aromatic N) is 2. The Kier molecular flexibility index (Phi) is 3.40. The highest BCUT2D eigenvalue weighted by Crippen LogP contribution is 2.31. The third kappa shape index (κ3) is 2.51. The zero-order chi connectivity index (χ0) is 14.1. The molecule has 6 heteroatoms. The first-order valence-corrected chi connectivity index (χ1v) is 7.40. The van der Waals surface area contributed by atoms with Crippen LogP contribution in [-0.4, -0.2) is 9.91 Å². The van der Waals surface area contributed by atoms with E-state index >= 15 is 0 Å². The van der Waals surface area contributed by atoms with Crippen molar-refractivity contribution in [2.45, 2.75) is 32.7 Å². The van der Waals surface area contributed by atoms with Gasteiger partial charge in [-0.15, -0.1) is 11.3 Å². The predicted molar refractivity (Wildman–Crippen MR) is 79.3 cm³/mol. The van der Waals surface area contributed by atoms with E-state index in [4.69, 9.17) is 0 Å². The second kappa shape index (κ2) is 5.20. The third-order valence-corrected chi connectivity index (χ3v) is 4.76. The molecule has 0 aliphatic heterocycles. The SMILES string of the molecule is Cc1cc(NCc2cc3c(s2)CCC3)ncc1[N+](=O)[O-]. The second-order valence-electron chi connectivity index (χ2n) is 4.98. The largest absolute Gasteiger partial charge is 0.365 e. The number of fused-ring (bicyclic) bond motifs is 1. The molecule has 0 atom stereocenters. The van der Waals surface area contributed by atoms with Gasteiger partial charge in [0, 0.05) is 15.3 Å². The van der Waals surface area contributed by atoms with Crippen molar-refractivity contribution in [3.8, 4) is 0 Å². The van der Waals surface area contributed by atoms with Crippen molar-refractivity contribution >= 4 is 22.8 Å². The van der Waals surface area contributed by atoms with Crippen molar-refractivity contribution in [2.75, 3.05) is 5.32 Å². The lowest BCUT2D eigenvalue weighted by molar-refractivity contribution is -0.385. The summed E-state index contributed by atoms with van der Waals surface area (Å²) in [6.07, 6.45) is 4.99. The number of nitro groups is 1. The monoisotopic (exact) mass is 289 g/mol. The average Bonchev–Trinajstić information content (AvgIpc) is 2.96. The number of rotatable bonds is 4. The molecule has 1 aliphatic carbocycles. The average molecular weight is 289 g/mol. The van der Waals surface area contributed by atoms with Crippen molar-refractivity contribution in [3.63, 3.8) is 0 Å². The third-order valence-electron chi connectivity index (χ3n) is 3.52. The Bertz CT molecular complexity index is 645. The molecule has 5 nitrogen and oxygen atoms in total. The van der Waals surface area contributed by atoms with Crippen LogP contribution in [0.5, 0.6) is 0 Å². The fraction of sp³-hybridized carbons (Fsp3) is 0.357. The molecule has 2 heterocycles. The highest BCUT2D eigenvalue weighted by molar-refractivity contribution is 7.12. The molecule has 0 saturated heterocycles. The predicted octanol–water partition coefficient (Wildman–Crippen LogP) is 3.46. The number of hydrogen-bond acceptors (Lipinski definition) is 5. The number of aromatic nitrogens is 1. The van der Waals surface area contributed by atoms with Crippen LogP contribution in [0.25, 0.3) is 0 Å². The molecule has 2 aromatic rings. The van der Waals surface area contributed by atoms with Crippen molar-refractivity contribution < 1.29 is 4.92 Å². The molecule has 0 radical (unpaired) electrons. The summed E-state index contributed by atoms with van der Waals surface area (Å²) in [7, 11) is 0.